The van der Waals surface area contributed by atoms with E-state index in [2.05, 4.69) is 15.9 Å². The first-order valence-corrected chi connectivity index (χ1v) is 7.14. The third kappa shape index (κ3) is 3.06. The van der Waals surface area contributed by atoms with Crippen LogP contribution in [0.5, 0.6) is 0 Å². The molecule has 1 heterocycles. The van der Waals surface area contributed by atoms with Gasteiger partial charge in [0.2, 0.25) is 0 Å². The van der Waals surface area contributed by atoms with Crippen LogP contribution in [0.15, 0.2) is 16.6 Å². The van der Waals surface area contributed by atoms with Crippen LogP contribution in [0, 0.1) is 11.6 Å². The van der Waals surface area contributed by atoms with Gasteiger partial charge >= 0.3 is 0 Å². The van der Waals surface area contributed by atoms with Gasteiger partial charge in [-0.25, -0.2) is 8.78 Å². The second-order valence-corrected chi connectivity index (χ2v) is 5.86. The normalized spacial score (nSPS) is 18.4. The minimum absolute atomic E-state index is 0.0357. The highest BCUT2D eigenvalue weighted by atomic mass is 79.9. The summed E-state index contributed by atoms with van der Waals surface area (Å²) in [6, 6.07) is 1.86. The molecule has 1 aromatic carbocycles. The fourth-order valence-electron chi connectivity index (χ4n) is 2.54. The fourth-order valence-corrected chi connectivity index (χ4v) is 2.94. The first-order valence-electron chi connectivity index (χ1n) is 6.35. The second-order valence-electron chi connectivity index (χ2n) is 4.95. The minimum Gasteiger partial charge on any atom is -0.335 e. The van der Waals surface area contributed by atoms with E-state index in [1.165, 1.54) is 11.8 Å². The van der Waals surface area contributed by atoms with Crippen molar-refractivity contribution in [1.29, 1.82) is 0 Å². The molecule has 1 aliphatic rings. The zero-order valence-corrected chi connectivity index (χ0v) is 12.5. The maximum absolute atomic E-state index is 13.8. The van der Waals surface area contributed by atoms with Crippen LogP contribution in [0.25, 0.3) is 0 Å². The predicted molar refractivity (Wildman–Crippen MR) is 73.4 cm³/mol. The number of Topliss-reactive ketones (excluding diaryl/α,β-unsaturated/α-hetero) is 1. The van der Waals surface area contributed by atoms with Crippen molar-refractivity contribution in [3.05, 3.63) is 33.8 Å². The van der Waals surface area contributed by atoms with Crippen LogP contribution in [-0.4, -0.2) is 29.2 Å². The third-order valence-electron chi connectivity index (χ3n) is 3.38. The van der Waals surface area contributed by atoms with Crippen molar-refractivity contribution in [3.63, 3.8) is 0 Å². The monoisotopic (exact) mass is 345 g/mol. The van der Waals surface area contributed by atoms with Gasteiger partial charge in [-0.2, -0.15) is 0 Å². The number of ketones is 1. The van der Waals surface area contributed by atoms with Crippen LogP contribution in [0.4, 0.5) is 8.78 Å². The van der Waals surface area contributed by atoms with Crippen LogP contribution in [0.1, 0.15) is 36.5 Å². The lowest BCUT2D eigenvalue weighted by Gasteiger charge is -2.24. The number of carbonyl (C=O) groups excluding carboxylic acids is 2. The lowest BCUT2D eigenvalue weighted by atomic mass is 10.1. The first kappa shape index (κ1) is 15.1. The second kappa shape index (κ2) is 5.99. The molecule has 0 N–H and O–H groups in total. The first-order chi connectivity index (χ1) is 9.40. The molecular formula is C14H14BrF2NO2. The molecule has 0 spiro atoms. The van der Waals surface area contributed by atoms with Gasteiger partial charge in [0.15, 0.2) is 0 Å². The molecule has 1 saturated heterocycles. The number of nitrogens with zero attached hydrogens (tertiary/aromatic N) is 1. The highest BCUT2D eigenvalue weighted by Gasteiger charge is 2.33. The average molecular weight is 346 g/mol. The Kier molecular flexibility index (Phi) is 4.52. The van der Waals surface area contributed by atoms with Crippen molar-refractivity contribution in [1.82, 2.24) is 4.90 Å². The number of amides is 1. The number of rotatable bonds is 3. The van der Waals surface area contributed by atoms with E-state index in [1.807, 2.05) is 0 Å². The quantitative estimate of drug-likeness (QED) is 0.842. The van der Waals surface area contributed by atoms with Gasteiger partial charge in [-0.1, -0.05) is 15.9 Å². The molecule has 20 heavy (non-hydrogen) atoms. The molecule has 1 aromatic rings. The number of halogens is 3. The van der Waals surface area contributed by atoms with Gasteiger partial charge in [0.05, 0.1) is 0 Å². The van der Waals surface area contributed by atoms with Crippen molar-refractivity contribution in [2.45, 2.75) is 32.2 Å². The van der Waals surface area contributed by atoms with E-state index in [-0.39, 0.29) is 22.7 Å². The van der Waals surface area contributed by atoms with Gasteiger partial charge in [0.25, 0.3) is 5.91 Å². The molecule has 1 amide bonds. The smallest absolute Gasteiger partial charge is 0.260 e. The number of hydrogen-bond donors (Lipinski definition) is 0. The molecule has 1 atom stereocenters. The highest BCUT2D eigenvalue weighted by molar-refractivity contribution is 9.10. The fraction of sp³-hybridized carbons (Fsp3) is 0.429. The molecule has 3 nitrogen and oxygen atoms in total. The molecule has 0 bridgehead atoms. The SMILES string of the molecule is CC(=O)CC1CCCN1C(=O)c1c(F)cc(Br)cc1F. The molecule has 1 aliphatic heterocycles. The van der Waals surface area contributed by atoms with Crippen molar-refractivity contribution >= 4 is 27.6 Å². The summed E-state index contributed by atoms with van der Waals surface area (Å²) in [5, 5.41) is 0. The predicted octanol–water partition coefficient (Wildman–Crippen LogP) is 3.31. The minimum atomic E-state index is -0.893. The summed E-state index contributed by atoms with van der Waals surface area (Å²) in [5.74, 6) is -2.51. The Hall–Kier alpha value is -1.30. The zero-order valence-electron chi connectivity index (χ0n) is 11.0. The number of benzene rings is 1. The molecule has 1 fully saturated rings. The van der Waals surface area contributed by atoms with Gasteiger partial charge in [0, 0.05) is 23.5 Å². The summed E-state index contributed by atoms with van der Waals surface area (Å²) in [6.07, 6.45) is 1.65. The van der Waals surface area contributed by atoms with Crippen LogP contribution in [0.2, 0.25) is 0 Å². The summed E-state index contributed by atoms with van der Waals surface area (Å²) in [5.41, 5.74) is -0.552. The van der Waals surface area contributed by atoms with E-state index >= 15 is 0 Å². The molecule has 2 rings (SSSR count). The Bertz CT molecular complexity index is 539. The zero-order chi connectivity index (χ0) is 14.9. The Morgan fingerprint density at radius 1 is 1.35 bits per heavy atom. The van der Waals surface area contributed by atoms with Gasteiger partial charge in [0.1, 0.15) is 23.0 Å². The molecule has 0 aromatic heterocycles. The Morgan fingerprint density at radius 2 is 1.95 bits per heavy atom. The summed E-state index contributed by atoms with van der Waals surface area (Å²) in [7, 11) is 0. The van der Waals surface area contributed by atoms with Gasteiger partial charge < -0.3 is 4.90 Å². The van der Waals surface area contributed by atoms with E-state index in [1.54, 1.807) is 0 Å². The Balaban J connectivity index is 2.29. The molecule has 0 saturated carbocycles. The molecule has 108 valence electrons. The highest BCUT2D eigenvalue weighted by Crippen LogP contribution is 2.26. The summed E-state index contributed by atoms with van der Waals surface area (Å²) in [6.45, 7) is 1.87. The van der Waals surface area contributed by atoms with E-state index < -0.39 is 23.1 Å². The van der Waals surface area contributed by atoms with E-state index in [0.29, 0.717) is 13.0 Å². The maximum atomic E-state index is 13.8. The standard InChI is InChI=1S/C14H14BrF2NO2/c1-8(19)5-10-3-2-4-18(10)14(20)13-11(16)6-9(15)7-12(13)17/h6-7,10H,2-5H2,1H3. The van der Waals surface area contributed by atoms with Crippen molar-refractivity contribution in [2.75, 3.05) is 6.54 Å². The summed E-state index contributed by atoms with van der Waals surface area (Å²) < 4.78 is 27.9. The lowest BCUT2D eigenvalue weighted by Crippen LogP contribution is -2.37. The Morgan fingerprint density at radius 3 is 2.50 bits per heavy atom. The molecule has 6 heteroatoms. The van der Waals surface area contributed by atoms with Crippen molar-refractivity contribution in [3.8, 4) is 0 Å². The Labute approximate surface area is 124 Å². The van der Waals surface area contributed by atoms with Crippen LogP contribution >= 0.6 is 15.9 Å². The van der Waals surface area contributed by atoms with Gasteiger partial charge in [-0.05, 0) is 31.9 Å². The van der Waals surface area contributed by atoms with Crippen LogP contribution < -0.4 is 0 Å². The number of likely N-dealkylation sites (tertiary alicyclic amines) is 1. The van der Waals surface area contributed by atoms with E-state index in [4.69, 9.17) is 0 Å². The van der Waals surface area contributed by atoms with Crippen LogP contribution in [0.3, 0.4) is 0 Å². The third-order valence-corrected chi connectivity index (χ3v) is 3.84. The van der Waals surface area contributed by atoms with Crippen molar-refractivity contribution in [2.24, 2.45) is 0 Å². The number of hydrogen-bond acceptors (Lipinski definition) is 2. The lowest BCUT2D eigenvalue weighted by molar-refractivity contribution is -0.117. The topological polar surface area (TPSA) is 37.4 Å². The summed E-state index contributed by atoms with van der Waals surface area (Å²) >= 11 is 2.97. The number of carbonyl (C=O) groups is 2. The maximum Gasteiger partial charge on any atom is 0.260 e. The molecular weight excluding hydrogens is 332 g/mol. The van der Waals surface area contributed by atoms with Gasteiger partial charge in [-0.3, -0.25) is 9.59 Å². The van der Waals surface area contributed by atoms with Crippen molar-refractivity contribution < 1.29 is 18.4 Å². The molecule has 0 aliphatic carbocycles. The summed E-state index contributed by atoms with van der Waals surface area (Å²) in [4.78, 5) is 24.9. The largest absolute Gasteiger partial charge is 0.335 e. The van der Waals surface area contributed by atoms with Crippen LogP contribution in [-0.2, 0) is 4.79 Å². The van der Waals surface area contributed by atoms with Gasteiger partial charge in [-0.15, -0.1) is 0 Å². The van der Waals surface area contributed by atoms with E-state index in [9.17, 15) is 18.4 Å². The average Bonchev–Trinajstić information content (AvgIpc) is 2.74. The molecule has 1 unspecified atom stereocenters. The molecule has 0 radical (unpaired) electrons. The van der Waals surface area contributed by atoms with E-state index in [0.717, 1.165) is 18.6 Å².